The van der Waals surface area contributed by atoms with Crippen molar-refractivity contribution in [2.24, 2.45) is 0 Å². The Bertz CT molecular complexity index is 286. The van der Waals surface area contributed by atoms with Crippen LogP contribution >= 0.6 is 11.3 Å². The Hall–Kier alpha value is -0.450. The highest BCUT2D eigenvalue weighted by atomic mass is 32.1. The fourth-order valence-electron chi connectivity index (χ4n) is 1.53. The van der Waals surface area contributed by atoms with E-state index in [4.69, 9.17) is 0 Å². The summed E-state index contributed by atoms with van der Waals surface area (Å²) in [6.07, 6.45) is 1.87. The molecule has 0 fully saturated rings. The van der Waals surface area contributed by atoms with E-state index in [0.717, 1.165) is 30.1 Å². The molecule has 0 aromatic carbocycles. The van der Waals surface area contributed by atoms with E-state index in [1.54, 1.807) is 11.3 Å². The Morgan fingerprint density at radius 3 is 2.53 bits per heavy atom. The molecule has 0 aliphatic heterocycles. The second-order valence-electron chi connectivity index (χ2n) is 3.88. The SMILES string of the molecule is CCC(CC)(CO)NCc1nc(C)cs1. The van der Waals surface area contributed by atoms with Gasteiger partial charge in [-0.1, -0.05) is 13.8 Å². The van der Waals surface area contributed by atoms with Crippen LogP contribution in [0.1, 0.15) is 37.4 Å². The summed E-state index contributed by atoms with van der Waals surface area (Å²) in [6.45, 7) is 7.13. The van der Waals surface area contributed by atoms with Gasteiger partial charge in [-0.2, -0.15) is 0 Å². The predicted molar refractivity (Wildman–Crippen MR) is 64.1 cm³/mol. The fraction of sp³-hybridized carbons (Fsp3) is 0.727. The van der Waals surface area contributed by atoms with Crippen molar-refractivity contribution < 1.29 is 5.11 Å². The molecule has 1 aromatic heterocycles. The van der Waals surface area contributed by atoms with E-state index in [1.165, 1.54) is 0 Å². The molecule has 0 radical (unpaired) electrons. The van der Waals surface area contributed by atoms with Gasteiger partial charge in [-0.15, -0.1) is 11.3 Å². The molecule has 0 unspecified atom stereocenters. The molecule has 86 valence electrons. The van der Waals surface area contributed by atoms with Crippen LogP contribution in [0.15, 0.2) is 5.38 Å². The van der Waals surface area contributed by atoms with Crippen LogP contribution in [0, 0.1) is 6.92 Å². The predicted octanol–water partition coefficient (Wildman–Crippen LogP) is 2.09. The summed E-state index contributed by atoms with van der Waals surface area (Å²) in [5.74, 6) is 0. The average Bonchev–Trinajstić information content (AvgIpc) is 2.67. The molecule has 0 spiro atoms. The molecular formula is C11H20N2OS. The molecule has 0 atom stereocenters. The van der Waals surface area contributed by atoms with Gasteiger partial charge in [-0.05, 0) is 19.8 Å². The molecule has 0 aliphatic rings. The second-order valence-corrected chi connectivity index (χ2v) is 4.82. The summed E-state index contributed by atoms with van der Waals surface area (Å²) in [6, 6.07) is 0. The van der Waals surface area contributed by atoms with Crippen LogP contribution in [0.3, 0.4) is 0 Å². The zero-order valence-electron chi connectivity index (χ0n) is 9.71. The Balaban J connectivity index is 2.54. The van der Waals surface area contributed by atoms with Crippen molar-refractivity contribution in [3.05, 3.63) is 16.1 Å². The number of thiazole rings is 1. The Morgan fingerprint density at radius 2 is 2.13 bits per heavy atom. The standard InChI is InChI=1S/C11H20N2OS/c1-4-11(5-2,8-14)12-6-10-13-9(3)7-15-10/h7,12,14H,4-6,8H2,1-3H3. The van der Waals surface area contributed by atoms with Gasteiger partial charge in [-0.3, -0.25) is 0 Å². The molecule has 2 N–H and O–H groups in total. The first-order chi connectivity index (χ1) is 7.15. The molecule has 1 rings (SSSR count). The van der Waals surface area contributed by atoms with Gasteiger partial charge in [0.1, 0.15) is 5.01 Å². The highest BCUT2D eigenvalue weighted by Crippen LogP contribution is 2.16. The Morgan fingerprint density at radius 1 is 1.47 bits per heavy atom. The summed E-state index contributed by atoms with van der Waals surface area (Å²) < 4.78 is 0. The summed E-state index contributed by atoms with van der Waals surface area (Å²) >= 11 is 1.67. The second kappa shape index (κ2) is 5.58. The van der Waals surface area contributed by atoms with Crippen molar-refractivity contribution in [1.29, 1.82) is 0 Å². The number of aliphatic hydroxyl groups excluding tert-OH is 1. The van der Waals surface area contributed by atoms with Crippen LogP contribution in [-0.2, 0) is 6.54 Å². The monoisotopic (exact) mass is 228 g/mol. The highest BCUT2D eigenvalue weighted by molar-refractivity contribution is 7.09. The highest BCUT2D eigenvalue weighted by Gasteiger charge is 2.24. The van der Waals surface area contributed by atoms with Crippen LogP contribution in [0.2, 0.25) is 0 Å². The van der Waals surface area contributed by atoms with Gasteiger partial charge in [0.25, 0.3) is 0 Å². The molecule has 0 saturated carbocycles. The van der Waals surface area contributed by atoms with Crippen molar-refractivity contribution in [2.75, 3.05) is 6.61 Å². The number of aromatic nitrogens is 1. The lowest BCUT2D eigenvalue weighted by atomic mass is 9.94. The molecular weight excluding hydrogens is 208 g/mol. The molecule has 4 heteroatoms. The van der Waals surface area contributed by atoms with Gasteiger partial charge in [0.15, 0.2) is 0 Å². The molecule has 0 saturated heterocycles. The molecule has 15 heavy (non-hydrogen) atoms. The normalized spacial score (nSPS) is 12.0. The first kappa shape index (κ1) is 12.6. The Kier molecular flexibility index (Phi) is 4.70. The van der Waals surface area contributed by atoms with Gasteiger partial charge in [0, 0.05) is 23.2 Å². The van der Waals surface area contributed by atoms with E-state index < -0.39 is 0 Å². The minimum atomic E-state index is -0.139. The first-order valence-electron chi connectivity index (χ1n) is 5.42. The summed E-state index contributed by atoms with van der Waals surface area (Å²) in [5, 5.41) is 15.9. The number of hydrogen-bond acceptors (Lipinski definition) is 4. The third-order valence-corrected chi connectivity index (χ3v) is 3.90. The van der Waals surface area contributed by atoms with Crippen molar-refractivity contribution >= 4 is 11.3 Å². The van der Waals surface area contributed by atoms with Crippen molar-refractivity contribution in [1.82, 2.24) is 10.3 Å². The lowest BCUT2D eigenvalue weighted by molar-refractivity contribution is 0.149. The molecule has 1 heterocycles. The molecule has 0 bridgehead atoms. The molecule has 0 aliphatic carbocycles. The maximum Gasteiger partial charge on any atom is 0.107 e. The number of hydrogen-bond donors (Lipinski definition) is 2. The van der Waals surface area contributed by atoms with Gasteiger partial charge in [0.05, 0.1) is 6.61 Å². The van der Waals surface area contributed by atoms with Crippen molar-refractivity contribution in [3.8, 4) is 0 Å². The topological polar surface area (TPSA) is 45.1 Å². The molecule has 1 aromatic rings. The minimum Gasteiger partial charge on any atom is -0.394 e. The lowest BCUT2D eigenvalue weighted by Crippen LogP contribution is -2.47. The quantitative estimate of drug-likeness (QED) is 0.783. The van der Waals surface area contributed by atoms with E-state index >= 15 is 0 Å². The van der Waals surface area contributed by atoms with Crippen molar-refractivity contribution in [2.45, 2.75) is 45.7 Å². The lowest BCUT2D eigenvalue weighted by Gasteiger charge is -2.30. The fourth-order valence-corrected chi connectivity index (χ4v) is 2.24. The van der Waals surface area contributed by atoms with Crippen LogP contribution < -0.4 is 5.32 Å². The van der Waals surface area contributed by atoms with Crippen molar-refractivity contribution in [3.63, 3.8) is 0 Å². The van der Waals surface area contributed by atoms with Crippen LogP contribution in [-0.4, -0.2) is 22.2 Å². The molecule has 3 nitrogen and oxygen atoms in total. The van der Waals surface area contributed by atoms with E-state index in [2.05, 4.69) is 29.5 Å². The largest absolute Gasteiger partial charge is 0.394 e. The zero-order chi connectivity index (χ0) is 11.3. The number of aryl methyl sites for hydroxylation is 1. The number of aliphatic hydroxyl groups is 1. The van der Waals surface area contributed by atoms with Crippen LogP contribution in [0.5, 0.6) is 0 Å². The maximum atomic E-state index is 9.38. The maximum absolute atomic E-state index is 9.38. The molecule has 0 amide bonds. The zero-order valence-corrected chi connectivity index (χ0v) is 10.5. The van der Waals surface area contributed by atoms with Gasteiger partial charge in [-0.25, -0.2) is 4.98 Å². The Labute approximate surface area is 95.6 Å². The van der Waals surface area contributed by atoms with Crippen LogP contribution in [0.25, 0.3) is 0 Å². The van der Waals surface area contributed by atoms with E-state index in [9.17, 15) is 5.11 Å². The number of rotatable bonds is 6. The summed E-state index contributed by atoms with van der Waals surface area (Å²) in [5.41, 5.74) is 0.930. The third-order valence-electron chi connectivity index (χ3n) is 2.94. The van der Waals surface area contributed by atoms with Gasteiger partial charge >= 0.3 is 0 Å². The first-order valence-corrected chi connectivity index (χ1v) is 6.30. The summed E-state index contributed by atoms with van der Waals surface area (Å²) in [7, 11) is 0. The average molecular weight is 228 g/mol. The van der Waals surface area contributed by atoms with E-state index in [-0.39, 0.29) is 12.1 Å². The van der Waals surface area contributed by atoms with Gasteiger partial charge < -0.3 is 10.4 Å². The third kappa shape index (κ3) is 3.26. The summed E-state index contributed by atoms with van der Waals surface area (Å²) in [4.78, 5) is 4.39. The van der Waals surface area contributed by atoms with Gasteiger partial charge in [0.2, 0.25) is 0 Å². The van der Waals surface area contributed by atoms with E-state index in [1.807, 2.05) is 6.92 Å². The minimum absolute atomic E-state index is 0.139. The van der Waals surface area contributed by atoms with E-state index in [0.29, 0.717) is 0 Å². The smallest absolute Gasteiger partial charge is 0.107 e. The number of nitrogens with zero attached hydrogens (tertiary/aromatic N) is 1. The number of nitrogens with one attached hydrogen (secondary N) is 1. The van der Waals surface area contributed by atoms with Crippen LogP contribution in [0.4, 0.5) is 0 Å².